The molecule has 0 fully saturated rings. The number of imidazole rings is 2. The van der Waals surface area contributed by atoms with Gasteiger partial charge < -0.3 is 9.88 Å². The maximum absolute atomic E-state index is 13.8. The van der Waals surface area contributed by atoms with E-state index in [2.05, 4.69) is 19.9 Å². The van der Waals surface area contributed by atoms with Crippen LogP contribution in [-0.4, -0.2) is 30.0 Å². The molecule has 1 aliphatic heterocycles. The summed E-state index contributed by atoms with van der Waals surface area (Å²) < 4.78 is 30.6. The topological polar surface area (TPSA) is 77.6 Å². The van der Waals surface area contributed by atoms with Crippen molar-refractivity contribution in [2.45, 2.75) is 58.7 Å². The van der Waals surface area contributed by atoms with Gasteiger partial charge in [0.25, 0.3) is 5.91 Å². The fourth-order valence-corrected chi connectivity index (χ4v) is 4.50. The average molecular weight is 438 g/mol. The van der Waals surface area contributed by atoms with Gasteiger partial charge in [-0.25, -0.2) is 15.0 Å². The third-order valence-electron chi connectivity index (χ3n) is 5.99. The molecule has 4 heterocycles. The molecule has 3 aromatic heterocycles. The molecule has 1 unspecified atom stereocenters. The van der Waals surface area contributed by atoms with Crippen molar-refractivity contribution in [1.82, 2.24) is 29.4 Å². The second kappa shape index (κ2) is 7.96. The molecule has 9 heteroatoms. The lowest BCUT2D eigenvalue weighted by Gasteiger charge is -2.16. The summed E-state index contributed by atoms with van der Waals surface area (Å²) in [6.45, 7) is 1.56. The number of rotatable bonds is 4. The van der Waals surface area contributed by atoms with Gasteiger partial charge in [-0.1, -0.05) is 18.6 Å². The van der Waals surface area contributed by atoms with Crippen molar-refractivity contribution in [2.75, 3.05) is 0 Å². The first-order chi connectivity index (χ1) is 15.4. The van der Waals surface area contributed by atoms with Gasteiger partial charge in [-0.2, -0.15) is 8.78 Å². The quantitative estimate of drug-likeness (QED) is 0.501. The monoisotopic (exact) mass is 438 g/mol. The molecule has 1 N–H and O–H groups in total. The smallest absolute Gasteiger partial charge is 0.320 e. The summed E-state index contributed by atoms with van der Waals surface area (Å²) in [6, 6.07) is 7.69. The van der Waals surface area contributed by atoms with Gasteiger partial charge in [0.1, 0.15) is 17.2 Å². The maximum atomic E-state index is 13.8. The van der Waals surface area contributed by atoms with Gasteiger partial charge in [-0.3, -0.25) is 9.36 Å². The van der Waals surface area contributed by atoms with Crippen LogP contribution in [0, 0.1) is 6.92 Å². The summed E-state index contributed by atoms with van der Waals surface area (Å²) >= 11 is 0. The van der Waals surface area contributed by atoms with E-state index in [-0.39, 0.29) is 11.7 Å². The van der Waals surface area contributed by atoms with Gasteiger partial charge in [0.2, 0.25) is 0 Å². The molecule has 0 bridgehead atoms. The molecule has 0 saturated heterocycles. The highest BCUT2D eigenvalue weighted by Crippen LogP contribution is 2.28. The number of carbonyl (C=O) groups is 1. The lowest BCUT2D eigenvalue weighted by atomic mass is 10.1. The van der Waals surface area contributed by atoms with Crippen LogP contribution in [0.4, 0.5) is 8.78 Å². The summed E-state index contributed by atoms with van der Waals surface area (Å²) in [6.07, 6.45) is 4.11. The Hall–Kier alpha value is -3.36. The molecule has 0 spiro atoms. The molecule has 1 aliphatic rings. The molecule has 4 aromatic rings. The highest BCUT2D eigenvalue weighted by Gasteiger charge is 2.25. The summed E-state index contributed by atoms with van der Waals surface area (Å²) in [4.78, 5) is 27.0. The number of hydrogen-bond acceptors (Lipinski definition) is 4. The third-order valence-corrected chi connectivity index (χ3v) is 5.99. The van der Waals surface area contributed by atoms with Crippen LogP contribution >= 0.6 is 0 Å². The van der Waals surface area contributed by atoms with Crippen LogP contribution in [0.15, 0.2) is 30.3 Å². The molecule has 7 nitrogen and oxygen atoms in total. The predicted molar refractivity (Wildman–Crippen MR) is 117 cm³/mol. The molecule has 166 valence electrons. The predicted octanol–water partition coefficient (Wildman–Crippen LogP) is 4.70. The number of nitrogens with one attached hydrogen (secondary N) is 1. The van der Waals surface area contributed by atoms with E-state index in [4.69, 9.17) is 4.98 Å². The molecule has 0 radical (unpaired) electrons. The van der Waals surface area contributed by atoms with E-state index in [0.717, 1.165) is 42.6 Å². The van der Waals surface area contributed by atoms with E-state index in [9.17, 15) is 13.6 Å². The molecule has 1 amide bonds. The van der Waals surface area contributed by atoms with E-state index in [1.54, 1.807) is 37.3 Å². The Morgan fingerprint density at radius 1 is 1.12 bits per heavy atom. The van der Waals surface area contributed by atoms with E-state index in [1.165, 1.54) is 0 Å². The zero-order valence-electron chi connectivity index (χ0n) is 18.0. The molecule has 1 aromatic carbocycles. The van der Waals surface area contributed by atoms with Gasteiger partial charge in [0.15, 0.2) is 5.65 Å². The normalized spacial score (nSPS) is 15.2. The number of hydrogen-bond donors (Lipinski definition) is 1. The Kier molecular flexibility index (Phi) is 5.11. The van der Waals surface area contributed by atoms with Crippen LogP contribution in [0.1, 0.15) is 66.5 Å². The molecule has 5 rings (SSSR count). The SMILES string of the molecule is Cc1cc(C(=O)NC(C)c2nc3ccccc3n2C(F)F)c2nc3n(c2n1)CCCCC3. The van der Waals surface area contributed by atoms with Crippen molar-refractivity contribution in [3.8, 4) is 0 Å². The Morgan fingerprint density at radius 2 is 1.94 bits per heavy atom. The van der Waals surface area contributed by atoms with E-state index < -0.39 is 12.6 Å². The minimum Gasteiger partial charge on any atom is -0.342 e. The molecular formula is C23H24F2N6O. The molecule has 0 saturated carbocycles. The van der Waals surface area contributed by atoms with Crippen molar-refractivity contribution in [3.05, 3.63) is 53.2 Å². The Balaban J connectivity index is 1.52. The Labute approximate surface area is 183 Å². The number of fused-ring (bicyclic) bond motifs is 4. The number of alkyl halides is 2. The van der Waals surface area contributed by atoms with Crippen LogP contribution < -0.4 is 5.32 Å². The zero-order chi connectivity index (χ0) is 22.4. The number of carbonyl (C=O) groups excluding carboxylic acids is 1. The highest BCUT2D eigenvalue weighted by molar-refractivity contribution is 6.04. The largest absolute Gasteiger partial charge is 0.342 e. The molecule has 0 aliphatic carbocycles. The van der Waals surface area contributed by atoms with Crippen LogP contribution in [-0.2, 0) is 13.0 Å². The number of halogens is 2. The maximum Gasteiger partial charge on any atom is 0.320 e. The number of nitrogens with zero attached hydrogens (tertiary/aromatic N) is 5. The number of para-hydroxylation sites is 2. The number of amides is 1. The van der Waals surface area contributed by atoms with Crippen molar-refractivity contribution in [1.29, 1.82) is 0 Å². The minimum absolute atomic E-state index is 0.109. The average Bonchev–Trinajstić information content (AvgIpc) is 3.23. The van der Waals surface area contributed by atoms with E-state index in [0.29, 0.717) is 33.5 Å². The zero-order valence-corrected chi connectivity index (χ0v) is 18.0. The first-order valence-corrected chi connectivity index (χ1v) is 10.9. The number of benzene rings is 1. The lowest BCUT2D eigenvalue weighted by molar-refractivity contribution is 0.0688. The Bertz CT molecular complexity index is 1330. The molecule has 32 heavy (non-hydrogen) atoms. The molecule has 1 atom stereocenters. The van der Waals surface area contributed by atoms with Crippen molar-refractivity contribution in [3.63, 3.8) is 0 Å². The van der Waals surface area contributed by atoms with Crippen LogP contribution in [0.5, 0.6) is 0 Å². The summed E-state index contributed by atoms with van der Waals surface area (Å²) in [5.74, 6) is 0.670. The minimum atomic E-state index is -2.77. The van der Waals surface area contributed by atoms with Gasteiger partial charge in [0, 0.05) is 18.7 Å². The standard InChI is InChI=1S/C23H24F2N6O/c1-13-12-15(19-21(26-13)30-11-7-3-4-10-18(30)29-19)22(32)27-14(2)20-28-16-8-5-6-9-17(16)31(20)23(24)25/h5-6,8-9,12,14,23H,3-4,7,10-11H2,1-2H3,(H,27,32). The van der Waals surface area contributed by atoms with Gasteiger partial charge in [0.05, 0.1) is 22.6 Å². The van der Waals surface area contributed by atoms with Crippen LogP contribution in [0.2, 0.25) is 0 Å². The number of aryl methyl sites for hydroxylation is 3. The second-order valence-electron chi connectivity index (χ2n) is 8.28. The van der Waals surface area contributed by atoms with Gasteiger partial charge in [-0.05, 0) is 44.9 Å². The third kappa shape index (κ3) is 3.41. The van der Waals surface area contributed by atoms with Gasteiger partial charge in [-0.15, -0.1) is 0 Å². The van der Waals surface area contributed by atoms with Gasteiger partial charge >= 0.3 is 6.55 Å². The van der Waals surface area contributed by atoms with Crippen LogP contribution in [0.3, 0.4) is 0 Å². The van der Waals surface area contributed by atoms with E-state index >= 15 is 0 Å². The number of aromatic nitrogens is 5. The second-order valence-corrected chi connectivity index (χ2v) is 8.28. The van der Waals surface area contributed by atoms with Crippen LogP contribution in [0.25, 0.3) is 22.2 Å². The number of pyridine rings is 1. The fourth-order valence-electron chi connectivity index (χ4n) is 4.50. The highest BCUT2D eigenvalue weighted by atomic mass is 19.3. The Morgan fingerprint density at radius 3 is 2.75 bits per heavy atom. The van der Waals surface area contributed by atoms with Crippen molar-refractivity contribution >= 4 is 28.1 Å². The first kappa shape index (κ1) is 20.5. The summed E-state index contributed by atoms with van der Waals surface area (Å²) in [5, 5.41) is 2.85. The van der Waals surface area contributed by atoms with Crippen molar-refractivity contribution < 1.29 is 13.6 Å². The lowest BCUT2D eigenvalue weighted by Crippen LogP contribution is -2.29. The summed E-state index contributed by atoms with van der Waals surface area (Å²) in [7, 11) is 0. The molecular weight excluding hydrogens is 414 g/mol. The first-order valence-electron chi connectivity index (χ1n) is 10.9. The van der Waals surface area contributed by atoms with Crippen molar-refractivity contribution in [2.24, 2.45) is 0 Å². The van der Waals surface area contributed by atoms with E-state index in [1.807, 2.05) is 6.92 Å². The summed E-state index contributed by atoms with van der Waals surface area (Å²) in [5.41, 5.74) is 3.17. The fraction of sp³-hybridized carbons (Fsp3) is 0.391.